The van der Waals surface area contributed by atoms with Gasteiger partial charge in [0.25, 0.3) is 11.8 Å². The summed E-state index contributed by atoms with van der Waals surface area (Å²) in [6.07, 6.45) is 1.88. The SMILES string of the molecule is O=C(O)C1CCCC2c3ccccc3C[C@H](N3C(=O)c4ccccc4C3=O)C(=O)N12. The second-order valence-electron chi connectivity index (χ2n) is 7.99. The van der Waals surface area contributed by atoms with Crippen LogP contribution in [-0.4, -0.2) is 50.7 Å². The van der Waals surface area contributed by atoms with Crippen LogP contribution in [0.4, 0.5) is 0 Å². The largest absolute Gasteiger partial charge is 0.480 e. The summed E-state index contributed by atoms with van der Waals surface area (Å²) < 4.78 is 0. The molecule has 1 saturated heterocycles. The van der Waals surface area contributed by atoms with E-state index in [9.17, 15) is 24.3 Å². The van der Waals surface area contributed by atoms with Gasteiger partial charge in [-0.1, -0.05) is 36.4 Å². The molecule has 1 N–H and O–H groups in total. The van der Waals surface area contributed by atoms with Gasteiger partial charge >= 0.3 is 5.97 Å². The van der Waals surface area contributed by atoms with Crippen LogP contribution in [0.3, 0.4) is 0 Å². The number of aliphatic carboxylic acids is 1. The van der Waals surface area contributed by atoms with Crippen molar-refractivity contribution in [3.8, 4) is 0 Å². The molecule has 30 heavy (non-hydrogen) atoms. The lowest BCUT2D eigenvalue weighted by atomic mass is 9.89. The van der Waals surface area contributed by atoms with Crippen molar-refractivity contribution in [2.24, 2.45) is 0 Å². The van der Waals surface area contributed by atoms with Gasteiger partial charge in [-0.15, -0.1) is 0 Å². The van der Waals surface area contributed by atoms with Crippen LogP contribution in [0, 0.1) is 0 Å². The highest BCUT2D eigenvalue weighted by Crippen LogP contribution is 2.41. The number of benzene rings is 2. The van der Waals surface area contributed by atoms with Crippen LogP contribution in [0.5, 0.6) is 0 Å². The first-order chi connectivity index (χ1) is 14.5. The van der Waals surface area contributed by atoms with Gasteiger partial charge in [0.05, 0.1) is 17.2 Å². The molecule has 0 aliphatic carbocycles. The Morgan fingerprint density at radius 1 is 0.867 bits per heavy atom. The molecule has 2 aromatic rings. The summed E-state index contributed by atoms with van der Waals surface area (Å²) in [5.74, 6) is -2.55. The lowest BCUT2D eigenvalue weighted by Gasteiger charge is -2.41. The Morgan fingerprint density at radius 3 is 2.17 bits per heavy atom. The molecule has 0 spiro atoms. The summed E-state index contributed by atoms with van der Waals surface area (Å²) >= 11 is 0. The fourth-order valence-electron chi connectivity index (χ4n) is 5.06. The van der Waals surface area contributed by atoms with Crippen LogP contribution in [0.2, 0.25) is 0 Å². The van der Waals surface area contributed by atoms with Crippen LogP contribution < -0.4 is 0 Å². The maximum Gasteiger partial charge on any atom is 0.326 e. The summed E-state index contributed by atoms with van der Waals surface area (Å²) in [4.78, 5) is 54.3. The number of rotatable bonds is 2. The van der Waals surface area contributed by atoms with Gasteiger partial charge in [0.15, 0.2) is 0 Å². The van der Waals surface area contributed by atoms with E-state index in [0.29, 0.717) is 19.3 Å². The Morgan fingerprint density at radius 2 is 1.50 bits per heavy atom. The molecule has 3 amide bonds. The van der Waals surface area contributed by atoms with E-state index in [0.717, 1.165) is 16.0 Å². The number of fused-ring (bicyclic) bond motifs is 4. The number of carboxylic acid groups (broad SMARTS) is 1. The Balaban J connectivity index is 1.64. The Labute approximate surface area is 172 Å². The van der Waals surface area contributed by atoms with E-state index in [1.807, 2.05) is 24.3 Å². The zero-order valence-electron chi connectivity index (χ0n) is 16.2. The first kappa shape index (κ1) is 18.5. The molecule has 3 atom stereocenters. The molecule has 5 rings (SSSR count). The van der Waals surface area contributed by atoms with Crippen molar-refractivity contribution < 1.29 is 24.3 Å². The van der Waals surface area contributed by atoms with Crippen LogP contribution in [0.1, 0.15) is 57.1 Å². The first-order valence-electron chi connectivity index (χ1n) is 10.1. The molecule has 0 saturated carbocycles. The maximum absolute atomic E-state index is 13.7. The topological polar surface area (TPSA) is 95.0 Å². The van der Waals surface area contributed by atoms with E-state index in [1.54, 1.807) is 24.3 Å². The van der Waals surface area contributed by atoms with E-state index < -0.39 is 35.8 Å². The van der Waals surface area contributed by atoms with E-state index >= 15 is 0 Å². The second-order valence-corrected chi connectivity index (χ2v) is 7.99. The number of carboxylic acids is 1. The highest BCUT2D eigenvalue weighted by molar-refractivity contribution is 6.23. The van der Waals surface area contributed by atoms with E-state index in [-0.39, 0.29) is 23.6 Å². The average molecular weight is 404 g/mol. The zero-order chi connectivity index (χ0) is 21.0. The van der Waals surface area contributed by atoms with Crippen molar-refractivity contribution >= 4 is 23.7 Å². The van der Waals surface area contributed by atoms with Gasteiger partial charge in [-0.05, 0) is 42.5 Å². The average Bonchev–Trinajstić information content (AvgIpc) is 2.93. The molecule has 0 radical (unpaired) electrons. The highest BCUT2D eigenvalue weighted by Gasteiger charge is 2.50. The minimum absolute atomic E-state index is 0.180. The molecule has 0 aromatic heterocycles. The van der Waals surface area contributed by atoms with Crippen molar-refractivity contribution in [3.05, 3.63) is 70.8 Å². The van der Waals surface area contributed by atoms with Gasteiger partial charge in [0.2, 0.25) is 5.91 Å². The Hall–Kier alpha value is -3.48. The molecule has 2 aromatic carbocycles. The molecular weight excluding hydrogens is 384 g/mol. The molecule has 152 valence electrons. The maximum atomic E-state index is 13.7. The van der Waals surface area contributed by atoms with E-state index in [4.69, 9.17) is 0 Å². The van der Waals surface area contributed by atoms with Gasteiger partial charge < -0.3 is 10.0 Å². The summed E-state index contributed by atoms with van der Waals surface area (Å²) in [6, 6.07) is 11.6. The van der Waals surface area contributed by atoms with Gasteiger partial charge in [-0.2, -0.15) is 0 Å². The van der Waals surface area contributed by atoms with Crippen LogP contribution in [0.25, 0.3) is 0 Å². The third-order valence-corrected chi connectivity index (χ3v) is 6.42. The number of nitrogens with zero attached hydrogens (tertiary/aromatic N) is 2. The van der Waals surface area contributed by atoms with Crippen molar-refractivity contribution in [1.29, 1.82) is 0 Å². The number of hydrogen-bond donors (Lipinski definition) is 1. The van der Waals surface area contributed by atoms with Gasteiger partial charge in [0.1, 0.15) is 12.1 Å². The molecule has 3 heterocycles. The summed E-state index contributed by atoms with van der Waals surface area (Å²) in [7, 11) is 0. The molecular formula is C23H20N2O5. The van der Waals surface area contributed by atoms with E-state index in [2.05, 4.69) is 0 Å². The van der Waals surface area contributed by atoms with E-state index in [1.165, 1.54) is 4.90 Å². The molecule has 3 aliphatic rings. The van der Waals surface area contributed by atoms with Gasteiger partial charge in [-0.3, -0.25) is 19.3 Å². The normalized spacial score (nSPS) is 25.5. The predicted octanol–water partition coefficient (Wildman–Crippen LogP) is 2.41. The van der Waals surface area contributed by atoms with Gasteiger partial charge in [-0.25, -0.2) is 4.79 Å². The molecule has 2 unspecified atom stereocenters. The number of carbonyl (C=O) groups is 4. The molecule has 1 fully saturated rings. The van der Waals surface area contributed by atoms with Crippen LogP contribution >= 0.6 is 0 Å². The first-order valence-corrected chi connectivity index (χ1v) is 10.1. The standard InChI is InChI=1S/C23H20N2O5/c26-20-15-8-3-4-9-16(15)21(27)25(20)19-12-13-6-1-2-7-14(13)17-10-5-11-18(23(29)30)24(17)22(19)28/h1-4,6-9,17-19H,5,10-12H2,(H,29,30)/t17?,18?,19-/m0/s1. The van der Waals surface area contributed by atoms with Crippen molar-refractivity contribution in [1.82, 2.24) is 9.80 Å². The van der Waals surface area contributed by atoms with Gasteiger partial charge in [0, 0.05) is 6.42 Å². The fraction of sp³-hybridized carbons (Fsp3) is 0.304. The smallest absolute Gasteiger partial charge is 0.326 e. The minimum Gasteiger partial charge on any atom is -0.480 e. The third-order valence-electron chi connectivity index (χ3n) is 6.42. The van der Waals surface area contributed by atoms with Crippen molar-refractivity contribution in [3.63, 3.8) is 0 Å². The van der Waals surface area contributed by atoms with Crippen molar-refractivity contribution in [2.45, 2.75) is 43.8 Å². The molecule has 3 aliphatic heterocycles. The number of amides is 3. The number of hydrogen-bond acceptors (Lipinski definition) is 4. The molecule has 0 bridgehead atoms. The highest BCUT2D eigenvalue weighted by atomic mass is 16.4. The van der Waals surface area contributed by atoms with Crippen LogP contribution in [0.15, 0.2) is 48.5 Å². The fourth-order valence-corrected chi connectivity index (χ4v) is 5.06. The summed E-state index contributed by atoms with van der Waals surface area (Å²) in [5.41, 5.74) is 2.32. The Bertz CT molecular complexity index is 1060. The van der Waals surface area contributed by atoms with Crippen molar-refractivity contribution in [2.75, 3.05) is 0 Å². The van der Waals surface area contributed by atoms with Crippen LogP contribution in [-0.2, 0) is 16.0 Å². The summed E-state index contributed by atoms with van der Waals surface area (Å²) in [5, 5.41) is 9.79. The Kier molecular flexibility index (Phi) is 4.20. The molecule has 7 heteroatoms. The molecule has 7 nitrogen and oxygen atoms in total. The second kappa shape index (κ2) is 6.79. The predicted molar refractivity (Wildman–Crippen MR) is 106 cm³/mol. The minimum atomic E-state index is -1.07. The number of carbonyl (C=O) groups excluding carboxylic acids is 3. The monoisotopic (exact) mass is 404 g/mol. The lowest BCUT2D eigenvalue weighted by molar-refractivity contribution is -0.156. The third kappa shape index (κ3) is 2.58. The quantitative estimate of drug-likeness (QED) is 0.776. The zero-order valence-corrected chi connectivity index (χ0v) is 16.2. The lowest BCUT2D eigenvalue weighted by Crippen LogP contribution is -2.56. The number of piperidine rings is 1. The summed E-state index contributed by atoms with van der Waals surface area (Å²) in [6.45, 7) is 0. The number of imide groups is 1.